The molecule has 0 aliphatic heterocycles. The Morgan fingerprint density at radius 3 is 1.63 bits per heavy atom. The second-order valence-electron chi connectivity index (χ2n) is 6.74. The van der Waals surface area contributed by atoms with E-state index in [4.69, 9.17) is 10.2 Å². The maximum absolute atomic E-state index is 10.6. The first-order chi connectivity index (χ1) is 14.0. The van der Waals surface area contributed by atoms with Crippen LogP contribution in [-0.2, 0) is 16.7 Å². The van der Waals surface area contributed by atoms with E-state index in [-0.39, 0.29) is 0 Å². The zero-order chi connectivity index (χ0) is 22.9. The number of nitrogens with zero attached hydrogens (tertiary/aromatic N) is 1. The molecule has 0 radical (unpaired) electrons. The fourth-order valence-corrected chi connectivity index (χ4v) is 3.51. The number of carboxylic acids is 2. The van der Waals surface area contributed by atoms with Crippen molar-refractivity contribution in [2.24, 2.45) is 0 Å². The van der Waals surface area contributed by atoms with E-state index in [0.717, 1.165) is 6.07 Å². The molecule has 0 saturated heterocycles. The highest BCUT2D eigenvalue weighted by molar-refractivity contribution is 7.85. The fraction of sp³-hybridized carbons (Fsp3) is 0.333. The minimum absolute atomic E-state index is 0.575. The standard InChI is InChI=1S/C13H22N.C8H6O7S/c1-4-14(5-2,6-3)12-13-10-8-7-9-11-13;9-7(10)4-1-5(8(11)12)3-6(2-4)16(13,14)15/h7-11H,4-6,12H2,1-3H3;1-3H,(H,9,10)(H,11,12)(H,13,14,15)/q+1;/p-1. The molecular formula is C21H27NO7S. The maximum Gasteiger partial charge on any atom is 0.335 e. The van der Waals surface area contributed by atoms with Gasteiger partial charge in [0.05, 0.1) is 35.7 Å². The van der Waals surface area contributed by atoms with Gasteiger partial charge in [0.2, 0.25) is 0 Å². The van der Waals surface area contributed by atoms with Gasteiger partial charge in [-0.2, -0.15) is 0 Å². The van der Waals surface area contributed by atoms with Crippen molar-refractivity contribution >= 4 is 22.1 Å². The molecule has 164 valence electrons. The smallest absolute Gasteiger partial charge is 0.335 e. The number of aromatic carboxylic acids is 2. The molecule has 2 aromatic carbocycles. The minimum atomic E-state index is -4.89. The molecule has 8 nitrogen and oxygen atoms in total. The van der Waals surface area contributed by atoms with Gasteiger partial charge in [-0.1, -0.05) is 30.3 Å². The zero-order valence-electron chi connectivity index (χ0n) is 17.2. The van der Waals surface area contributed by atoms with E-state index >= 15 is 0 Å². The van der Waals surface area contributed by atoms with Gasteiger partial charge in [-0.15, -0.1) is 0 Å². The van der Waals surface area contributed by atoms with E-state index in [2.05, 4.69) is 51.1 Å². The van der Waals surface area contributed by atoms with Crippen LogP contribution in [0, 0.1) is 0 Å². The molecule has 2 aromatic rings. The van der Waals surface area contributed by atoms with Gasteiger partial charge in [0, 0.05) is 5.56 Å². The Kier molecular flexibility index (Phi) is 9.16. The molecule has 2 N–H and O–H groups in total. The molecule has 0 bridgehead atoms. The summed E-state index contributed by atoms with van der Waals surface area (Å²) in [6.45, 7) is 11.7. The van der Waals surface area contributed by atoms with E-state index in [1.54, 1.807) is 0 Å². The number of hydrogen-bond acceptors (Lipinski definition) is 5. The highest BCUT2D eigenvalue weighted by Crippen LogP contribution is 2.15. The van der Waals surface area contributed by atoms with Crippen molar-refractivity contribution in [2.45, 2.75) is 32.2 Å². The third-order valence-electron chi connectivity index (χ3n) is 5.06. The highest BCUT2D eigenvalue weighted by Gasteiger charge is 2.20. The molecule has 0 fully saturated rings. The fourth-order valence-electron chi connectivity index (χ4n) is 2.97. The summed E-state index contributed by atoms with van der Waals surface area (Å²) >= 11 is 0. The third kappa shape index (κ3) is 7.25. The lowest BCUT2D eigenvalue weighted by Gasteiger charge is -2.35. The summed E-state index contributed by atoms with van der Waals surface area (Å²) in [7, 11) is -4.89. The Hall–Kier alpha value is -2.75. The van der Waals surface area contributed by atoms with Crippen LogP contribution in [0.2, 0.25) is 0 Å². The Balaban J connectivity index is 0.000000303. The van der Waals surface area contributed by atoms with Crippen LogP contribution >= 0.6 is 0 Å². The van der Waals surface area contributed by atoms with Gasteiger partial charge in [0.1, 0.15) is 16.7 Å². The van der Waals surface area contributed by atoms with Crippen LogP contribution in [0.5, 0.6) is 0 Å². The Morgan fingerprint density at radius 2 is 1.30 bits per heavy atom. The molecule has 0 aliphatic carbocycles. The molecule has 0 aromatic heterocycles. The lowest BCUT2D eigenvalue weighted by Crippen LogP contribution is -2.46. The van der Waals surface area contributed by atoms with Crippen LogP contribution in [0.4, 0.5) is 0 Å². The van der Waals surface area contributed by atoms with Gasteiger partial charge >= 0.3 is 11.9 Å². The topological polar surface area (TPSA) is 132 Å². The van der Waals surface area contributed by atoms with Crippen LogP contribution in [0.1, 0.15) is 47.1 Å². The Bertz CT molecular complexity index is 928. The number of hydrogen-bond donors (Lipinski definition) is 2. The molecule has 0 atom stereocenters. The van der Waals surface area contributed by atoms with Crippen LogP contribution in [-0.4, -0.2) is 59.2 Å². The average Bonchev–Trinajstić information content (AvgIpc) is 2.72. The van der Waals surface area contributed by atoms with Crippen molar-refractivity contribution < 1.29 is 37.3 Å². The van der Waals surface area contributed by atoms with Crippen molar-refractivity contribution in [2.75, 3.05) is 19.6 Å². The van der Waals surface area contributed by atoms with Crippen molar-refractivity contribution in [1.82, 2.24) is 0 Å². The molecule has 0 saturated carbocycles. The summed E-state index contributed by atoms with van der Waals surface area (Å²) in [5, 5.41) is 17.2. The van der Waals surface area contributed by atoms with Crippen LogP contribution in [0.3, 0.4) is 0 Å². The van der Waals surface area contributed by atoms with Crippen molar-refractivity contribution in [3.05, 3.63) is 65.2 Å². The predicted octanol–water partition coefficient (Wildman–Crippen LogP) is 3.05. The van der Waals surface area contributed by atoms with Gasteiger partial charge in [0.25, 0.3) is 0 Å². The first-order valence-electron chi connectivity index (χ1n) is 9.44. The van der Waals surface area contributed by atoms with Crippen molar-refractivity contribution in [3.8, 4) is 0 Å². The SMILES string of the molecule is CC[N+](CC)(CC)Cc1ccccc1.O=C(O)c1cc(C(=O)O)cc(S(=O)(=O)[O-])c1. The second kappa shape index (κ2) is 10.9. The molecule has 0 amide bonds. The number of carbonyl (C=O) groups is 2. The number of carboxylic acid groups (broad SMARTS) is 2. The second-order valence-corrected chi connectivity index (χ2v) is 8.12. The largest absolute Gasteiger partial charge is 0.744 e. The highest BCUT2D eigenvalue weighted by atomic mass is 32.2. The molecule has 30 heavy (non-hydrogen) atoms. The summed E-state index contributed by atoms with van der Waals surface area (Å²) in [6.07, 6.45) is 0. The van der Waals surface area contributed by atoms with Gasteiger partial charge in [-0.05, 0) is 39.0 Å². The van der Waals surface area contributed by atoms with E-state index in [1.807, 2.05) is 0 Å². The molecule has 9 heteroatoms. The molecule has 0 spiro atoms. The first-order valence-corrected chi connectivity index (χ1v) is 10.9. The number of quaternary nitrogens is 1. The minimum Gasteiger partial charge on any atom is -0.744 e. The summed E-state index contributed by atoms with van der Waals surface area (Å²) in [5.74, 6) is -3.04. The monoisotopic (exact) mass is 437 g/mol. The summed E-state index contributed by atoms with van der Waals surface area (Å²) in [6, 6.07) is 12.8. The quantitative estimate of drug-likeness (QED) is 0.479. The van der Waals surface area contributed by atoms with Gasteiger partial charge in [-0.3, -0.25) is 0 Å². The molecule has 2 rings (SSSR count). The van der Waals surface area contributed by atoms with E-state index in [9.17, 15) is 22.6 Å². The lowest BCUT2D eigenvalue weighted by molar-refractivity contribution is -0.936. The molecule has 0 aliphatic rings. The predicted molar refractivity (Wildman–Crippen MR) is 110 cm³/mol. The summed E-state index contributed by atoms with van der Waals surface area (Å²) in [5.41, 5.74) is 0.307. The Morgan fingerprint density at radius 1 is 0.867 bits per heavy atom. The van der Waals surface area contributed by atoms with Gasteiger partial charge < -0.3 is 19.2 Å². The molecule has 0 unspecified atom stereocenters. The molecule has 0 heterocycles. The van der Waals surface area contributed by atoms with E-state index < -0.39 is 38.1 Å². The van der Waals surface area contributed by atoms with Gasteiger partial charge in [-0.25, -0.2) is 18.0 Å². The normalized spacial score (nSPS) is 11.3. The third-order valence-corrected chi connectivity index (χ3v) is 5.88. The van der Waals surface area contributed by atoms with E-state index in [1.165, 1.54) is 36.2 Å². The lowest BCUT2D eigenvalue weighted by atomic mass is 10.1. The number of rotatable bonds is 8. The summed E-state index contributed by atoms with van der Waals surface area (Å²) < 4.78 is 33.1. The van der Waals surface area contributed by atoms with Crippen LogP contribution < -0.4 is 0 Å². The zero-order valence-corrected chi connectivity index (χ0v) is 18.1. The van der Waals surface area contributed by atoms with E-state index in [0.29, 0.717) is 12.1 Å². The first kappa shape index (κ1) is 25.3. The molecular weight excluding hydrogens is 410 g/mol. The van der Waals surface area contributed by atoms with Gasteiger partial charge in [0.15, 0.2) is 0 Å². The maximum atomic E-state index is 10.6. The number of benzene rings is 2. The average molecular weight is 438 g/mol. The van der Waals surface area contributed by atoms with Crippen LogP contribution in [0.15, 0.2) is 53.4 Å². The summed E-state index contributed by atoms with van der Waals surface area (Å²) in [4.78, 5) is 20.2. The Labute approximate surface area is 176 Å². The van der Waals surface area contributed by atoms with Crippen molar-refractivity contribution in [1.29, 1.82) is 0 Å². The van der Waals surface area contributed by atoms with Crippen LogP contribution in [0.25, 0.3) is 0 Å². The van der Waals surface area contributed by atoms with Crippen molar-refractivity contribution in [3.63, 3.8) is 0 Å².